The molecule has 0 bridgehead atoms. The molecule has 23 heavy (non-hydrogen) atoms. The number of carbonyl (C=O) groups is 1. The van der Waals surface area contributed by atoms with Gasteiger partial charge < -0.3 is 14.4 Å². The van der Waals surface area contributed by atoms with Gasteiger partial charge >= 0.3 is 0 Å². The normalized spacial score (nSPS) is 17.3. The maximum Gasteiger partial charge on any atom is 0.223 e. The number of hydrogen-bond donors (Lipinski definition) is 0. The number of benzene rings is 1. The average molecular weight is 337 g/mol. The molecule has 128 valence electrons. The van der Waals surface area contributed by atoms with Crippen molar-refractivity contribution in [3.63, 3.8) is 0 Å². The zero-order valence-electron chi connectivity index (χ0n) is 14.3. The van der Waals surface area contributed by atoms with Crippen LogP contribution in [0.25, 0.3) is 0 Å². The summed E-state index contributed by atoms with van der Waals surface area (Å²) in [5.74, 6) is 2.82. The molecular formula is C18H27NO3S. The van der Waals surface area contributed by atoms with E-state index >= 15 is 0 Å². The summed E-state index contributed by atoms with van der Waals surface area (Å²) in [7, 11) is 3.33. The second kappa shape index (κ2) is 9.06. The number of unbranched alkanes of at least 4 members (excludes halogenated alkanes) is 3. The van der Waals surface area contributed by atoms with Crippen molar-refractivity contribution in [2.45, 2.75) is 44.4 Å². The Kier molecular flexibility index (Phi) is 7.09. The second-order valence-corrected chi connectivity index (χ2v) is 6.92. The third kappa shape index (κ3) is 4.56. The van der Waals surface area contributed by atoms with E-state index in [9.17, 15) is 4.79 Å². The number of ether oxygens (including phenoxy) is 2. The van der Waals surface area contributed by atoms with Gasteiger partial charge in [0.1, 0.15) is 16.9 Å². The Morgan fingerprint density at radius 1 is 1.26 bits per heavy atom. The molecule has 0 spiro atoms. The fourth-order valence-electron chi connectivity index (χ4n) is 2.86. The molecule has 0 aromatic heterocycles. The highest BCUT2D eigenvalue weighted by molar-refractivity contribution is 7.99. The van der Waals surface area contributed by atoms with E-state index < -0.39 is 0 Å². The lowest BCUT2D eigenvalue weighted by atomic mass is 10.1. The van der Waals surface area contributed by atoms with E-state index in [0.29, 0.717) is 6.42 Å². The molecule has 2 rings (SSSR count). The van der Waals surface area contributed by atoms with Gasteiger partial charge in [-0.05, 0) is 24.6 Å². The van der Waals surface area contributed by atoms with Crippen LogP contribution in [0.5, 0.6) is 11.5 Å². The Bertz CT molecular complexity index is 521. The summed E-state index contributed by atoms with van der Waals surface area (Å²) >= 11 is 1.79. The summed E-state index contributed by atoms with van der Waals surface area (Å²) in [5.41, 5.74) is 1.02. The lowest BCUT2D eigenvalue weighted by Crippen LogP contribution is -2.30. The van der Waals surface area contributed by atoms with Crippen LogP contribution < -0.4 is 9.47 Å². The molecule has 1 fully saturated rings. The molecule has 0 N–H and O–H groups in total. The average Bonchev–Trinajstić information content (AvgIpc) is 3.07. The van der Waals surface area contributed by atoms with Gasteiger partial charge in [0.25, 0.3) is 0 Å². The Morgan fingerprint density at radius 3 is 2.78 bits per heavy atom. The van der Waals surface area contributed by atoms with Crippen molar-refractivity contribution in [1.82, 2.24) is 4.90 Å². The fraction of sp³-hybridized carbons (Fsp3) is 0.611. The van der Waals surface area contributed by atoms with Crippen LogP contribution in [0, 0.1) is 0 Å². The minimum Gasteiger partial charge on any atom is -0.497 e. The van der Waals surface area contributed by atoms with Gasteiger partial charge in [0.15, 0.2) is 0 Å². The van der Waals surface area contributed by atoms with Gasteiger partial charge in [-0.25, -0.2) is 0 Å². The number of methoxy groups -OCH3 is 2. The molecule has 1 saturated heterocycles. The summed E-state index contributed by atoms with van der Waals surface area (Å²) in [6, 6.07) is 5.79. The predicted molar refractivity (Wildman–Crippen MR) is 95.2 cm³/mol. The highest BCUT2D eigenvalue weighted by Gasteiger charge is 2.32. The van der Waals surface area contributed by atoms with E-state index in [0.717, 1.165) is 42.2 Å². The van der Waals surface area contributed by atoms with Crippen molar-refractivity contribution in [2.75, 3.05) is 26.5 Å². The molecular weight excluding hydrogens is 310 g/mol. The molecule has 0 aliphatic carbocycles. The van der Waals surface area contributed by atoms with E-state index in [2.05, 4.69) is 6.92 Å². The maximum absolute atomic E-state index is 12.6. The van der Waals surface area contributed by atoms with Crippen LogP contribution in [0.3, 0.4) is 0 Å². The molecule has 1 atom stereocenters. The first-order chi connectivity index (χ1) is 11.2. The summed E-state index contributed by atoms with van der Waals surface area (Å²) in [6.45, 7) is 2.99. The number of nitrogens with zero attached hydrogens (tertiary/aromatic N) is 1. The van der Waals surface area contributed by atoms with Crippen molar-refractivity contribution in [3.05, 3.63) is 23.8 Å². The van der Waals surface area contributed by atoms with Gasteiger partial charge in [0.05, 0.1) is 14.2 Å². The molecule has 0 saturated carbocycles. The minimum absolute atomic E-state index is 0.0266. The quantitative estimate of drug-likeness (QED) is 0.665. The highest BCUT2D eigenvalue weighted by Crippen LogP contribution is 2.43. The molecule has 1 aromatic carbocycles. The summed E-state index contributed by atoms with van der Waals surface area (Å²) < 4.78 is 10.8. The first-order valence-electron chi connectivity index (χ1n) is 8.34. The zero-order chi connectivity index (χ0) is 16.7. The number of thioether (sulfide) groups is 1. The van der Waals surface area contributed by atoms with Gasteiger partial charge in [-0.3, -0.25) is 4.79 Å². The van der Waals surface area contributed by atoms with Crippen molar-refractivity contribution in [2.24, 2.45) is 0 Å². The number of amides is 1. The van der Waals surface area contributed by atoms with Gasteiger partial charge in [0.2, 0.25) is 5.91 Å². The SMILES string of the molecule is CCCCCCC(=O)N1CCS[C@H]1c1cc(OC)ccc1OC. The number of hydrogen-bond acceptors (Lipinski definition) is 4. The minimum atomic E-state index is 0.0266. The molecule has 0 unspecified atom stereocenters. The zero-order valence-corrected chi connectivity index (χ0v) is 15.2. The smallest absolute Gasteiger partial charge is 0.223 e. The van der Waals surface area contributed by atoms with Gasteiger partial charge in [-0.15, -0.1) is 11.8 Å². The van der Waals surface area contributed by atoms with E-state index in [1.54, 1.807) is 26.0 Å². The molecule has 1 aliphatic heterocycles. The Balaban J connectivity index is 2.10. The first kappa shape index (κ1) is 18.0. The molecule has 1 heterocycles. The maximum atomic E-state index is 12.6. The first-order valence-corrected chi connectivity index (χ1v) is 9.39. The van der Waals surface area contributed by atoms with Gasteiger partial charge in [0, 0.05) is 24.3 Å². The van der Waals surface area contributed by atoms with Crippen molar-refractivity contribution < 1.29 is 14.3 Å². The van der Waals surface area contributed by atoms with Gasteiger partial charge in [-0.1, -0.05) is 26.2 Å². The molecule has 5 heteroatoms. The summed E-state index contributed by atoms with van der Waals surface area (Å²) in [5, 5.41) is 0.0266. The van der Waals surface area contributed by atoms with Crippen molar-refractivity contribution >= 4 is 17.7 Å². The molecule has 1 aromatic rings. The van der Waals surface area contributed by atoms with Gasteiger partial charge in [-0.2, -0.15) is 0 Å². The molecule has 0 radical (unpaired) electrons. The predicted octanol–water partition coefficient (Wildman–Crippen LogP) is 4.25. The van der Waals surface area contributed by atoms with Crippen LogP contribution in [-0.4, -0.2) is 37.3 Å². The lowest BCUT2D eigenvalue weighted by molar-refractivity contribution is -0.131. The standard InChI is InChI=1S/C18H27NO3S/c1-4-5-6-7-8-17(20)19-11-12-23-18(19)15-13-14(21-2)9-10-16(15)22-3/h9-10,13,18H,4-8,11-12H2,1-3H3/t18-/m0/s1. The lowest BCUT2D eigenvalue weighted by Gasteiger charge is -2.26. The van der Waals surface area contributed by atoms with Crippen LogP contribution >= 0.6 is 11.8 Å². The van der Waals surface area contributed by atoms with Crippen LogP contribution in [0.1, 0.15) is 50.0 Å². The molecule has 4 nitrogen and oxygen atoms in total. The molecule has 1 amide bonds. The van der Waals surface area contributed by atoms with E-state index in [4.69, 9.17) is 9.47 Å². The van der Waals surface area contributed by atoms with Crippen molar-refractivity contribution in [1.29, 1.82) is 0 Å². The van der Waals surface area contributed by atoms with E-state index in [1.165, 1.54) is 12.8 Å². The third-order valence-electron chi connectivity index (χ3n) is 4.16. The van der Waals surface area contributed by atoms with Crippen LogP contribution in [-0.2, 0) is 4.79 Å². The fourth-order valence-corrected chi connectivity index (χ4v) is 4.15. The topological polar surface area (TPSA) is 38.8 Å². The summed E-state index contributed by atoms with van der Waals surface area (Å²) in [6.07, 6.45) is 5.15. The Labute approximate surface area is 143 Å². The number of carbonyl (C=O) groups excluding carboxylic acids is 1. The third-order valence-corrected chi connectivity index (χ3v) is 5.40. The molecule has 1 aliphatic rings. The van der Waals surface area contributed by atoms with Crippen LogP contribution in [0.4, 0.5) is 0 Å². The Hall–Kier alpha value is -1.36. The highest BCUT2D eigenvalue weighted by atomic mass is 32.2. The van der Waals surface area contributed by atoms with Crippen LogP contribution in [0.15, 0.2) is 18.2 Å². The summed E-state index contributed by atoms with van der Waals surface area (Å²) in [4.78, 5) is 14.6. The number of rotatable bonds is 8. The van der Waals surface area contributed by atoms with Crippen LogP contribution in [0.2, 0.25) is 0 Å². The second-order valence-electron chi connectivity index (χ2n) is 5.73. The monoisotopic (exact) mass is 337 g/mol. The van der Waals surface area contributed by atoms with E-state index in [1.807, 2.05) is 23.1 Å². The van der Waals surface area contributed by atoms with E-state index in [-0.39, 0.29) is 11.3 Å². The van der Waals surface area contributed by atoms with Crippen molar-refractivity contribution in [3.8, 4) is 11.5 Å². The largest absolute Gasteiger partial charge is 0.497 e. The Morgan fingerprint density at radius 2 is 2.09 bits per heavy atom.